The van der Waals surface area contributed by atoms with Crippen molar-refractivity contribution >= 4 is 17.1 Å². The summed E-state index contributed by atoms with van der Waals surface area (Å²) in [6.07, 6.45) is 6.24. The van der Waals surface area contributed by atoms with Gasteiger partial charge in [-0.2, -0.15) is 0 Å². The molecule has 0 aliphatic heterocycles. The summed E-state index contributed by atoms with van der Waals surface area (Å²) in [6.45, 7) is 3.08. The number of benzene rings is 1. The molecule has 0 amide bonds. The third-order valence-electron chi connectivity index (χ3n) is 4.25. The van der Waals surface area contributed by atoms with Crippen LogP contribution in [-0.4, -0.2) is 11.5 Å². The highest BCUT2D eigenvalue weighted by Gasteiger charge is 2.20. The minimum absolute atomic E-state index is 0.00948. The van der Waals surface area contributed by atoms with Crippen LogP contribution in [0.15, 0.2) is 18.2 Å². The van der Waals surface area contributed by atoms with Crippen LogP contribution >= 0.6 is 0 Å². The van der Waals surface area contributed by atoms with Crippen molar-refractivity contribution in [1.82, 2.24) is 0 Å². The fourth-order valence-electron chi connectivity index (χ4n) is 2.94. The molecule has 1 aliphatic rings. The van der Waals surface area contributed by atoms with E-state index >= 15 is 0 Å². The zero-order valence-corrected chi connectivity index (χ0v) is 12.0. The number of anilines is 2. The first-order chi connectivity index (χ1) is 9.58. The number of nitro benzene ring substituents is 1. The van der Waals surface area contributed by atoms with Crippen LogP contribution in [0.3, 0.4) is 0 Å². The number of nitrogens with zero attached hydrogens (tertiary/aromatic N) is 1. The lowest BCUT2D eigenvalue weighted by molar-refractivity contribution is -0.383. The number of para-hydroxylation sites is 1. The van der Waals surface area contributed by atoms with E-state index in [0.29, 0.717) is 5.69 Å². The molecule has 1 aromatic rings. The van der Waals surface area contributed by atoms with Gasteiger partial charge in [-0.1, -0.05) is 38.7 Å². The van der Waals surface area contributed by atoms with Crippen molar-refractivity contribution in [2.75, 3.05) is 17.6 Å². The molecule has 2 rings (SSSR count). The Hall–Kier alpha value is -1.78. The molecule has 20 heavy (non-hydrogen) atoms. The molecule has 1 fully saturated rings. The van der Waals surface area contributed by atoms with E-state index in [9.17, 15) is 10.1 Å². The monoisotopic (exact) mass is 277 g/mol. The van der Waals surface area contributed by atoms with Gasteiger partial charge in [-0.3, -0.25) is 10.1 Å². The van der Waals surface area contributed by atoms with Crippen molar-refractivity contribution in [3.8, 4) is 0 Å². The van der Waals surface area contributed by atoms with Gasteiger partial charge in [0.25, 0.3) is 0 Å². The molecule has 1 saturated carbocycles. The van der Waals surface area contributed by atoms with Crippen LogP contribution in [0.1, 0.15) is 39.0 Å². The maximum absolute atomic E-state index is 11.0. The molecule has 1 aromatic carbocycles. The third-order valence-corrected chi connectivity index (χ3v) is 4.25. The fraction of sp³-hybridized carbons (Fsp3) is 0.600. The van der Waals surface area contributed by atoms with Gasteiger partial charge >= 0.3 is 5.69 Å². The maximum atomic E-state index is 11.0. The highest BCUT2D eigenvalue weighted by Crippen LogP contribution is 2.32. The molecule has 5 heteroatoms. The first-order valence-corrected chi connectivity index (χ1v) is 7.34. The number of hydrogen-bond donors (Lipinski definition) is 2. The minimum atomic E-state index is -0.417. The Morgan fingerprint density at radius 3 is 2.70 bits per heavy atom. The summed E-state index contributed by atoms with van der Waals surface area (Å²) in [7, 11) is 0. The smallest absolute Gasteiger partial charge is 0.314 e. The first-order valence-electron chi connectivity index (χ1n) is 7.34. The summed E-state index contributed by atoms with van der Waals surface area (Å²) < 4.78 is 0. The second kappa shape index (κ2) is 6.59. The quantitative estimate of drug-likeness (QED) is 0.487. The molecule has 0 radical (unpaired) electrons. The lowest BCUT2D eigenvalue weighted by atomic mass is 9.81. The van der Waals surface area contributed by atoms with Crippen LogP contribution < -0.4 is 11.1 Å². The highest BCUT2D eigenvalue weighted by atomic mass is 16.6. The van der Waals surface area contributed by atoms with E-state index in [4.69, 9.17) is 5.73 Å². The Balaban J connectivity index is 1.88. The molecule has 0 spiro atoms. The van der Waals surface area contributed by atoms with Crippen LogP contribution in [0.2, 0.25) is 0 Å². The van der Waals surface area contributed by atoms with Crippen molar-refractivity contribution in [2.45, 2.75) is 39.0 Å². The predicted octanol–water partition coefficient (Wildman–Crippen LogP) is 3.81. The molecule has 5 nitrogen and oxygen atoms in total. The van der Waals surface area contributed by atoms with Crippen molar-refractivity contribution in [2.24, 2.45) is 11.8 Å². The van der Waals surface area contributed by atoms with E-state index in [2.05, 4.69) is 12.2 Å². The summed E-state index contributed by atoms with van der Waals surface area (Å²) in [5, 5.41) is 14.2. The molecule has 0 unspecified atom stereocenters. The van der Waals surface area contributed by atoms with Gasteiger partial charge in [-0.05, 0) is 30.4 Å². The molecule has 3 N–H and O–H groups in total. The Bertz CT molecular complexity index is 468. The summed E-state index contributed by atoms with van der Waals surface area (Å²) >= 11 is 0. The number of nitrogens with two attached hydrogens (primary N) is 1. The van der Waals surface area contributed by atoms with E-state index in [1.54, 1.807) is 18.2 Å². The number of nitro groups is 1. The largest absolute Gasteiger partial charge is 0.393 e. The summed E-state index contributed by atoms with van der Waals surface area (Å²) in [5.41, 5.74) is 6.40. The third kappa shape index (κ3) is 3.62. The average molecular weight is 277 g/mol. The molecule has 1 aliphatic carbocycles. The van der Waals surface area contributed by atoms with Crippen molar-refractivity contribution in [3.63, 3.8) is 0 Å². The maximum Gasteiger partial charge on any atom is 0.314 e. The Kier molecular flexibility index (Phi) is 4.82. The molecular formula is C15H23N3O2. The second-order valence-corrected chi connectivity index (χ2v) is 5.84. The summed E-state index contributed by atoms with van der Waals surface area (Å²) in [4.78, 5) is 10.6. The van der Waals surface area contributed by atoms with Gasteiger partial charge in [-0.25, -0.2) is 0 Å². The molecule has 0 saturated heterocycles. The number of nitrogens with one attached hydrogen (secondary N) is 1. The standard InChI is InChI=1S/C15H23N3O2/c1-11-5-7-12(8-6-11)9-10-17-14-4-2-3-13(16)15(14)18(19)20/h2-4,11-12,17H,5-10,16H2,1H3. The SMILES string of the molecule is CC1CCC(CCNc2cccc(N)c2[N+](=O)[O-])CC1. The normalized spacial score (nSPS) is 22.4. The Labute approximate surface area is 119 Å². The highest BCUT2D eigenvalue weighted by molar-refractivity contribution is 5.74. The topological polar surface area (TPSA) is 81.2 Å². The van der Waals surface area contributed by atoms with E-state index in [1.807, 2.05) is 0 Å². The summed E-state index contributed by atoms with van der Waals surface area (Å²) in [5.74, 6) is 1.60. The van der Waals surface area contributed by atoms with Gasteiger partial charge in [0, 0.05) is 6.54 Å². The van der Waals surface area contributed by atoms with Gasteiger partial charge in [0.1, 0.15) is 11.4 Å². The molecule has 0 heterocycles. The van der Waals surface area contributed by atoms with Crippen molar-refractivity contribution < 1.29 is 4.92 Å². The van der Waals surface area contributed by atoms with Gasteiger partial charge in [-0.15, -0.1) is 0 Å². The predicted molar refractivity (Wildman–Crippen MR) is 81.7 cm³/mol. The van der Waals surface area contributed by atoms with Crippen LogP contribution in [0.5, 0.6) is 0 Å². The zero-order chi connectivity index (χ0) is 14.5. The van der Waals surface area contributed by atoms with E-state index in [0.717, 1.165) is 24.8 Å². The Morgan fingerprint density at radius 1 is 1.35 bits per heavy atom. The van der Waals surface area contributed by atoms with Crippen LogP contribution in [-0.2, 0) is 0 Å². The Morgan fingerprint density at radius 2 is 2.05 bits per heavy atom. The lowest BCUT2D eigenvalue weighted by Gasteiger charge is -2.26. The molecule has 110 valence electrons. The van der Waals surface area contributed by atoms with E-state index < -0.39 is 4.92 Å². The number of hydrogen-bond acceptors (Lipinski definition) is 4. The van der Waals surface area contributed by atoms with Gasteiger partial charge < -0.3 is 11.1 Å². The average Bonchev–Trinajstić information content (AvgIpc) is 2.40. The van der Waals surface area contributed by atoms with Gasteiger partial charge in [0.05, 0.1) is 4.92 Å². The lowest BCUT2D eigenvalue weighted by Crippen LogP contribution is -2.16. The van der Waals surface area contributed by atoms with E-state index in [1.165, 1.54) is 25.7 Å². The van der Waals surface area contributed by atoms with Crippen molar-refractivity contribution in [1.29, 1.82) is 0 Å². The van der Waals surface area contributed by atoms with Gasteiger partial charge in [0.15, 0.2) is 0 Å². The van der Waals surface area contributed by atoms with E-state index in [-0.39, 0.29) is 11.4 Å². The van der Waals surface area contributed by atoms with Crippen LogP contribution in [0, 0.1) is 22.0 Å². The molecule has 0 aromatic heterocycles. The second-order valence-electron chi connectivity index (χ2n) is 5.84. The molecule has 0 bridgehead atoms. The zero-order valence-electron chi connectivity index (χ0n) is 12.0. The van der Waals surface area contributed by atoms with Crippen LogP contribution in [0.25, 0.3) is 0 Å². The first kappa shape index (κ1) is 14.6. The summed E-state index contributed by atoms with van der Waals surface area (Å²) in [6, 6.07) is 5.02. The number of nitrogen functional groups attached to an aromatic ring is 1. The fourth-order valence-corrected chi connectivity index (χ4v) is 2.94. The van der Waals surface area contributed by atoms with Crippen molar-refractivity contribution in [3.05, 3.63) is 28.3 Å². The molecular weight excluding hydrogens is 254 g/mol. The van der Waals surface area contributed by atoms with Crippen LogP contribution in [0.4, 0.5) is 17.1 Å². The van der Waals surface area contributed by atoms with Gasteiger partial charge in [0.2, 0.25) is 0 Å². The number of rotatable bonds is 5. The minimum Gasteiger partial charge on any atom is -0.393 e. The molecule has 0 atom stereocenters.